The summed E-state index contributed by atoms with van der Waals surface area (Å²) in [4.78, 5) is 22.0. The molecule has 0 bridgehead atoms. The largest absolute Gasteiger partial charge is 0.378 e. The molecule has 0 spiro atoms. The number of ether oxygens (including phenoxy) is 4. The fourth-order valence-corrected chi connectivity index (χ4v) is 1.46. The number of amides is 1. The third-order valence-electron chi connectivity index (χ3n) is 2.52. The molecule has 8 heteroatoms. The Morgan fingerprint density at radius 1 is 0.783 bits per heavy atom. The van der Waals surface area contributed by atoms with E-state index in [9.17, 15) is 9.59 Å². The van der Waals surface area contributed by atoms with Gasteiger partial charge in [-0.15, -0.1) is 0 Å². The second-order valence-electron chi connectivity index (χ2n) is 4.74. The van der Waals surface area contributed by atoms with Crippen LogP contribution in [0.1, 0.15) is 13.8 Å². The van der Waals surface area contributed by atoms with Crippen molar-refractivity contribution in [2.45, 2.75) is 13.8 Å². The molecule has 0 aromatic heterocycles. The van der Waals surface area contributed by atoms with Crippen molar-refractivity contribution in [1.82, 2.24) is 10.6 Å². The van der Waals surface area contributed by atoms with Gasteiger partial charge in [-0.1, -0.05) is 6.92 Å². The summed E-state index contributed by atoms with van der Waals surface area (Å²) in [5.41, 5.74) is 0. The zero-order valence-corrected chi connectivity index (χ0v) is 14.2. The second kappa shape index (κ2) is 17.3. The minimum atomic E-state index is -0.186. The number of hydrogen-bond acceptors (Lipinski definition) is 7. The van der Waals surface area contributed by atoms with Crippen LogP contribution in [-0.2, 0) is 28.5 Å². The first kappa shape index (κ1) is 21.9. The SMILES string of the molecule is CCNCCOCCOCC(=O)NCCOCCOCC(C)=O. The predicted octanol–water partition coefficient (Wildman–Crippen LogP) is -0.632. The molecule has 0 saturated carbocycles. The Labute approximate surface area is 138 Å². The maximum Gasteiger partial charge on any atom is 0.246 e. The van der Waals surface area contributed by atoms with Gasteiger partial charge in [0.15, 0.2) is 5.78 Å². The van der Waals surface area contributed by atoms with Crippen LogP contribution in [-0.4, -0.2) is 84.2 Å². The number of likely N-dealkylation sites (N-methyl/N-ethyl adjacent to an activating group) is 1. The van der Waals surface area contributed by atoms with E-state index in [4.69, 9.17) is 18.9 Å². The Morgan fingerprint density at radius 3 is 1.96 bits per heavy atom. The van der Waals surface area contributed by atoms with Gasteiger partial charge in [-0.3, -0.25) is 9.59 Å². The van der Waals surface area contributed by atoms with E-state index in [1.54, 1.807) is 0 Å². The summed E-state index contributed by atoms with van der Waals surface area (Å²) >= 11 is 0. The Bertz CT molecular complexity index is 302. The summed E-state index contributed by atoms with van der Waals surface area (Å²) in [5.74, 6) is -0.200. The molecule has 0 aromatic carbocycles. The zero-order chi connectivity index (χ0) is 17.2. The first-order chi connectivity index (χ1) is 11.2. The lowest BCUT2D eigenvalue weighted by Gasteiger charge is -2.08. The van der Waals surface area contributed by atoms with E-state index in [0.29, 0.717) is 46.2 Å². The van der Waals surface area contributed by atoms with E-state index >= 15 is 0 Å². The number of ketones is 1. The van der Waals surface area contributed by atoms with E-state index in [1.807, 2.05) is 6.92 Å². The molecular weight excluding hydrogens is 304 g/mol. The van der Waals surface area contributed by atoms with Crippen LogP contribution in [0.25, 0.3) is 0 Å². The number of rotatable bonds is 17. The first-order valence-corrected chi connectivity index (χ1v) is 7.94. The average molecular weight is 334 g/mol. The Morgan fingerprint density at radius 2 is 1.35 bits per heavy atom. The highest BCUT2D eigenvalue weighted by Gasteiger charge is 2.00. The molecule has 0 saturated heterocycles. The molecule has 0 atom stereocenters. The molecule has 0 unspecified atom stereocenters. The minimum Gasteiger partial charge on any atom is -0.378 e. The van der Waals surface area contributed by atoms with Crippen molar-refractivity contribution in [3.63, 3.8) is 0 Å². The van der Waals surface area contributed by atoms with Gasteiger partial charge < -0.3 is 29.6 Å². The summed E-state index contributed by atoms with van der Waals surface area (Å²) < 4.78 is 20.8. The van der Waals surface area contributed by atoms with Gasteiger partial charge in [0.2, 0.25) is 5.91 Å². The molecule has 0 aliphatic rings. The molecule has 1 amide bonds. The van der Waals surface area contributed by atoms with Crippen LogP contribution in [0.5, 0.6) is 0 Å². The van der Waals surface area contributed by atoms with Crippen molar-refractivity contribution >= 4 is 11.7 Å². The minimum absolute atomic E-state index is 0.0122. The molecule has 0 rings (SSSR count). The number of carbonyl (C=O) groups excluding carboxylic acids is 2. The molecule has 0 heterocycles. The molecule has 2 N–H and O–H groups in total. The lowest BCUT2D eigenvalue weighted by Crippen LogP contribution is -2.31. The van der Waals surface area contributed by atoms with Crippen LogP contribution in [0.4, 0.5) is 0 Å². The predicted molar refractivity (Wildman–Crippen MR) is 85.5 cm³/mol. The summed E-state index contributed by atoms with van der Waals surface area (Å²) in [6.45, 7) is 8.43. The van der Waals surface area contributed by atoms with Crippen molar-refractivity contribution in [3.05, 3.63) is 0 Å². The maximum absolute atomic E-state index is 11.4. The molecule has 0 fully saturated rings. The normalized spacial score (nSPS) is 10.7. The second-order valence-corrected chi connectivity index (χ2v) is 4.74. The highest BCUT2D eigenvalue weighted by Crippen LogP contribution is 1.81. The Hall–Kier alpha value is -1.06. The number of nitrogens with one attached hydrogen (secondary N) is 2. The van der Waals surface area contributed by atoms with Gasteiger partial charge in [-0.25, -0.2) is 0 Å². The smallest absolute Gasteiger partial charge is 0.246 e. The van der Waals surface area contributed by atoms with Gasteiger partial charge in [0, 0.05) is 13.1 Å². The highest BCUT2D eigenvalue weighted by atomic mass is 16.5. The average Bonchev–Trinajstić information content (AvgIpc) is 2.52. The topological polar surface area (TPSA) is 95.1 Å². The highest BCUT2D eigenvalue weighted by molar-refractivity contribution is 5.77. The molecule has 23 heavy (non-hydrogen) atoms. The van der Waals surface area contributed by atoms with Gasteiger partial charge in [0.25, 0.3) is 0 Å². The van der Waals surface area contributed by atoms with Crippen molar-refractivity contribution in [3.8, 4) is 0 Å². The van der Waals surface area contributed by atoms with E-state index in [1.165, 1.54) is 6.92 Å². The molecule has 8 nitrogen and oxygen atoms in total. The molecule has 0 aliphatic carbocycles. The van der Waals surface area contributed by atoms with Gasteiger partial charge in [-0.2, -0.15) is 0 Å². The van der Waals surface area contributed by atoms with E-state index < -0.39 is 0 Å². The zero-order valence-electron chi connectivity index (χ0n) is 14.2. The third-order valence-corrected chi connectivity index (χ3v) is 2.52. The van der Waals surface area contributed by atoms with Crippen molar-refractivity contribution < 1.29 is 28.5 Å². The summed E-state index contributed by atoms with van der Waals surface area (Å²) in [6.07, 6.45) is 0. The molecule has 0 radical (unpaired) electrons. The Balaban J connectivity index is 3.17. The van der Waals surface area contributed by atoms with E-state index in [2.05, 4.69) is 10.6 Å². The summed E-state index contributed by atoms with van der Waals surface area (Å²) in [5, 5.41) is 5.82. The molecule has 0 aliphatic heterocycles. The third kappa shape index (κ3) is 18.9. The van der Waals surface area contributed by atoms with Crippen molar-refractivity contribution in [1.29, 1.82) is 0 Å². The molecular formula is C15H30N2O6. The summed E-state index contributed by atoms with van der Waals surface area (Å²) in [7, 11) is 0. The molecule has 0 aromatic rings. The molecule has 136 valence electrons. The quantitative estimate of drug-likeness (QED) is 0.342. The van der Waals surface area contributed by atoms with Crippen LogP contribution < -0.4 is 10.6 Å². The van der Waals surface area contributed by atoms with Crippen LogP contribution in [0, 0.1) is 0 Å². The maximum atomic E-state index is 11.4. The number of carbonyl (C=O) groups is 2. The van der Waals surface area contributed by atoms with Crippen LogP contribution >= 0.6 is 0 Å². The van der Waals surface area contributed by atoms with E-state index in [0.717, 1.165) is 13.1 Å². The van der Waals surface area contributed by atoms with Crippen molar-refractivity contribution in [2.75, 3.05) is 72.5 Å². The van der Waals surface area contributed by atoms with Crippen molar-refractivity contribution in [2.24, 2.45) is 0 Å². The first-order valence-electron chi connectivity index (χ1n) is 7.94. The fourth-order valence-electron chi connectivity index (χ4n) is 1.46. The lowest BCUT2D eigenvalue weighted by atomic mass is 10.5. The van der Waals surface area contributed by atoms with Crippen LogP contribution in [0.3, 0.4) is 0 Å². The Kier molecular flexibility index (Phi) is 16.5. The van der Waals surface area contributed by atoms with Crippen LogP contribution in [0.15, 0.2) is 0 Å². The lowest BCUT2D eigenvalue weighted by molar-refractivity contribution is -0.126. The fraction of sp³-hybridized carbons (Fsp3) is 0.867. The van der Waals surface area contributed by atoms with Gasteiger partial charge in [0.05, 0.1) is 39.6 Å². The van der Waals surface area contributed by atoms with Gasteiger partial charge in [0.1, 0.15) is 13.2 Å². The van der Waals surface area contributed by atoms with Gasteiger partial charge in [-0.05, 0) is 13.5 Å². The summed E-state index contributed by atoms with van der Waals surface area (Å²) in [6, 6.07) is 0. The van der Waals surface area contributed by atoms with E-state index in [-0.39, 0.29) is 24.9 Å². The number of Topliss-reactive ketones (excluding diaryl/α,β-unsaturated/α-hetero) is 1. The monoisotopic (exact) mass is 334 g/mol. The number of hydrogen-bond donors (Lipinski definition) is 2. The standard InChI is InChI=1S/C15H30N2O6/c1-3-16-4-6-20-9-11-23-13-15(19)17-5-7-21-8-10-22-12-14(2)18/h16H,3-13H2,1-2H3,(H,17,19). The van der Waals surface area contributed by atoms with Crippen LogP contribution in [0.2, 0.25) is 0 Å². The van der Waals surface area contributed by atoms with Gasteiger partial charge >= 0.3 is 0 Å².